The summed E-state index contributed by atoms with van der Waals surface area (Å²) in [6.45, 7) is 5.09. The summed E-state index contributed by atoms with van der Waals surface area (Å²) in [6.07, 6.45) is 1.54. The summed E-state index contributed by atoms with van der Waals surface area (Å²) < 4.78 is 16.2. The molecule has 0 fully saturated rings. The van der Waals surface area contributed by atoms with Gasteiger partial charge in [-0.15, -0.1) is 11.6 Å². The number of halogens is 1. The number of allylic oxidation sites excluding steroid dienone is 1. The second-order valence-electron chi connectivity index (χ2n) is 5.54. The zero-order valence-corrected chi connectivity index (χ0v) is 14.1. The van der Waals surface area contributed by atoms with Gasteiger partial charge in [0.05, 0.1) is 5.56 Å². The van der Waals surface area contributed by atoms with Crippen LogP contribution in [0.1, 0.15) is 34.4 Å². The van der Waals surface area contributed by atoms with Crippen molar-refractivity contribution >= 4 is 29.4 Å². The van der Waals surface area contributed by atoms with Gasteiger partial charge in [-0.25, -0.2) is 0 Å². The Bertz CT molecular complexity index is 860. The van der Waals surface area contributed by atoms with Crippen LogP contribution in [-0.4, -0.2) is 17.1 Å². The van der Waals surface area contributed by atoms with E-state index in [9.17, 15) is 9.59 Å². The lowest BCUT2D eigenvalue weighted by Crippen LogP contribution is -2.17. The largest absolute Gasteiger partial charge is 0.462 e. The molecule has 2 aromatic rings. The van der Waals surface area contributed by atoms with Crippen LogP contribution < -0.4 is 9.47 Å². The highest BCUT2D eigenvalue weighted by molar-refractivity contribution is 6.29. The van der Waals surface area contributed by atoms with Gasteiger partial charge in [0.15, 0.2) is 5.76 Å². The Balaban J connectivity index is 1.92. The Morgan fingerprint density at radius 3 is 2.67 bits per heavy atom. The smallest absolute Gasteiger partial charge is 0.329 e. The number of hydrogen-bond acceptors (Lipinski definition) is 5. The number of ether oxygens (including phenoxy) is 2. The van der Waals surface area contributed by atoms with Crippen molar-refractivity contribution in [1.82, 2.24) is 0 Å². The van der Waals surface area contributed by atoms with Crippen LogP contribution >= 0.6 is 11.6 Å². The Morgan fingerprint density at radius 1 is 1.29 bits per heavy atom. The Hall–Kier alpha value is -2.53. The zero-order chi connectivity index (χ0) is 17.4. The van der Waals surface area contributed by atoms with Crippen LogP contribution in [0.15, 0.2) is 34.4 Å². The van der Waals surface area contributed by atoms with Crippen molar-refractivity contribution in [1.29, 1.82) is 0 Å². The fourth-order valence-corrected chi connectivity index (χ4v) is 2.44. The van der Waals surface area contributed by atoms with Crippen molar-refractivity contribution in [3.63, 3.8) is 0 Å². The molecule has 1 unspecified atom stereocenters. The maximum Gasteiger partial charge on any atom is 0.329 e. The van der Waals surface area contributed by atoms with E-state index < -0.39 is 11.3 Å². The number of esters is 1. The second kappa shape index (κ2) is 6.17. The normalized spacial score (nSPS) is 16.0. The van der Waals surface area contributed by atoms with E-state index in [1.807, 2.05) is 6.92 Å². The molecule has 1 atom stereocenters. The van der Waals surface area contributed by atoms with Crippen molar-refractivity contribution < 1.29 is 23.5 Å². The molecule has 24 heavy (non-hydrogen) atoms. The number of Topliss-reactive ketones (excluding diaryl/α,β-unsaturated/α-hetero) is 1. The van der Waals surface area contributed by atoms with Crippen molar-refractivity contribution in [2.75, 3.05) is 0 Å². The summed E-state index contributed by atoms with van der Waals surface area (Å²) >= 11 is 5.69. The maximum absolute atomic E-state index is 12.5. The third kappa shape index (κ3) is 3.08. The molecule has 1 aromatic heterocycles. The van der Waals surface area contributed by atoms with Gasteiger partial charge in [0, 0.05) is 12.1 Å². The summed E-state index contributed by atoms with van der Waals surface area (Å²) in [6, 6.07) is 6.67. The molecule has 124 valence electrons. The van der Waals surface area contributed by atoms with Gasteiger partial charge in [0.2, 0.25) is 5.78 Å². The summed E-state index contributed by atoms with van der Waals surface area (Å²) in [7, 11) is 0. The molecule has 0 saturated heterocycles. The van der Waals surface area contributed by atoms with E-state index in [0.717, 1.165) is 5.76 Å². The van der Waals surface area contributed by atoms with E-state index in [-0.39, 0.29) is 17.3 Å². The first-order valence-corrected chi connectivity index (χ1v) is 7.80. The van der Waals surface area contributed by atoms with Crippen molar-refractivity contribution in [3.8, 4) is 11.5 Å². The minimum Gasteiger partial charge on any atom is -0.462 e. The van der Waals surface area contributed by atoms with Crippen LogP contribution in [0, 0.1) is 13.8 Å². The van der Waals surface area contributed by atoms with E-state index in [2.05, 4.69) is 0 Å². The summed E-state index contributed by atoms with van der Waals surface area (Å²) in [4.78, 5) is 24.1. The average Bonchev–Trinajstić information content (AvgIpc) is 3.03. The third-order valence-electron chi connectivity index (χ3n) is 3.52. The molecular formula is C18H15ClO5. The SMILES string of the molecule is Cc1ccc(/C=C2\Oc3cc(OC(=O)C(C)Cl)cc(C)c3C2=O)o1. The topological polar surface area (TPSA) is 65.7 Å². The number of hydrogen-bond donors (Lipinski definition) is 0. The molecule has 0 aliphatic carbocycles. The monoisotopic (exact) mass is 346 g/mol. The molecule has 0 saturated carbocycles. The molecule has 0 spiro atoms. The van der Waals surface area contributed by atoms with Gasteiger partial charge in [-0.3, -0.25) is 9.59 Å². The highest BCUT2D eigenvalue weighted by Crippen LogP contribution is 2.37. The van der Waals surface area contributed by atoms with Gasteiger partial charge in [0.1, 0.15) is 28.4 Å². The Labute approximate surface area is 143 Å². The summed E-state index contributed by atoms with van der Waals surface area (Å²) in [5.41, 5.74) is 1.10. The molecule has 2 heterocycles. The van der Waals surface area contributed by atoms with E-state index in [1.54, 1.807) is 31.2 Å². The Kier molecular flexibility index (Phi) is 4.20. The molecule has 0 bridgehead atoms. The van der Waals surface area contributed by atoms with Crippen LogP contribution in [0.25, 0.3) is 6.08 Å². The predicted octanol–water partition coefficient (Wildman–Crippen LogP) is 4.05. The molecule has 5 nitrogen and oxygen atoms in total. The lowest BCUT2D eigenvalue weighted by molar-refractivity contribution is -0.133. The van der Waals surface area contributed by atoms with E-state index in [1.165, 1.54) is 13.0 Å². The fraction of sp³-hybridized carbons (Fsp3) is 0.222. The van der Waals surface area contributed by atoms with Crippen LogP contribution in [0.5, 0.6) is 11.5 Å². The lowest BCUT2D eigenvalue weighted by Gasteiger charge is -2.08. The van der Waals surface area contributed by atoms with Gasteiger partial charge in [-0.1, -0.05) is 0 Å². The average molecular weight is 347 g/mol. The van der Waals surface area contributed by atoms with Gasteiger partial charge < -0.3 is 13.9 Å². The number of rotatable bonds is 3. The minimum atomic E-state index is -0.765. The summed E-state index contributed by atoms with van der Waals surface area (Å²) in [5, 5.41) is -0.765. The first-order chi connectivity index (χ1) is 11.3. The van der Waals surface area contributed by atoms with Crippen LogP contribution in [-0.2, 0) is 4.79 Å². The molecule has 0 radical (unpaired) electrons. The van der Waals surface area contributed by atoms with Gasteiger partial charge in [-0.05, 0) is 44.5 Å². The molecule has 1 aliphatic heterocycles. The lowest BCUT2D eigenvalue weighted by atomic mass is 10.0. The number of furan rings is 1. The van der Waals surface area contributed by atoms with Gasteiger partial charge >= 0.3 is 5.97 Å². The number of benzene rings is 1. The summed E-state index contributed by atoms with van der Waals surface area (Å²) in [5.74, 6) is 1.26. The molecule has 0 N–H and O–H groups in total. The van der Waals surface area contributed by atoms with Crippen molar-refractivity contribution in [2.24, 2.45) is 0 Å². The van der Waals surface area contributed by atoms with Crippen LogP contribution in [0.2, 0.25) is 0 Å². The fourth-order valence-electron chi connectivity index (χ4n) is 2.39. The molecule has 6 heteroatoms. The highest BCUT2D eigenvalue weighted by atomic mass is 35.5. The number of fused-ring (bicyclic) bond motifs is 1. The van der Waals surface area contributed by atoms with Gasteiger partial charge in [0.25, 0.3) is 0 Å². The molecule has 1 aliphatic rings. The first-order valence-electron chi connectivity index (χ1n) is 7.36. The quantitative estimate of drug-likeness (QED) is 0.363. The van der Waals surface area contributed by atoms with E-state index in [4.69, 9.17) is 25.5 Å². The Morgan fingerprint density at radius 2 is 2.04 bits per heavy atom. The number of ketones is 1. The van der Waals surface area contributed by atoms with Crippen molar-refractivity contribution in [3.05, 3.63) is 52.7 Å². The first kappa shape index (κ1) is 16.3. The zero-order valence-electron chi connectivity index (χ0n) is 13.4. The van der Waals surface area contributed by atoms with E-state index >= 15 is 0 Å². The molecule has 3 rings (SSSR count). The van der Waals surface area contributed by atoms with Crippen LogP contribution in [0.4, 0.5) is 0 Å². The number of carbonyl (C=O) groups excluding carboxylic acids is 2. The molecule has 1 aromatic carbocycles. The second-order valence-corrected chi connectivity index (χ2v) is 6.19. The maximum atomic E-state index is 12.5. The highest BCUT2D eigenvalue weighted by Gasteiger charge is 2.30. The number of aryl methyl sites for hydroxylation is 2. The van der Waals surface area contributed by atoms with Crippen LogP contribution in [0.3, 0.4) is 0 Å². The predicted molar refractivity (Wildman–Crippen MR) is 88.5 cm³/mol. The molecule has 0 amide bonds. The van der Waals surface area contributed by atoms with E-state index in [0.29, 0.717) is 22.6 Å². The molecular weight excluding hydrogens is 332 g/mol. The number of carbonyl (C=O) groups is 2. The van der Waals surface area contributed by atoms with Gasteiger partial charge in [-0.2, -0.15) is 0 Å². The third-order valence-corrected chi connectivity index (χ3v) is 3.70. The number of alkyl halides is 1. The standard InChI is InChI=1S/C18H15ClO5/c1-9-6-13(23-18(21)11(3)19)8-14-16(9)17(20)15(24-14)7-12-5-4-10(2)22-12/h4-8,11H,1-3H3/b15-7-. The van der Waals surface area contributed by atoms with Crippen molar-refractivity contribution in [2.45, 2.75) is 26.1 Å². The minimum absolute atomic E-state index is 0.164.